The molecule has 6 nitrogen and oxygen atoms in total. The summed E-state index contributed by atoms with van der Waals surface area (Å²) in [5, 5.41) is 2.02. The lowest BCUT2D eigenvalue weighted by molar-refractivity contribution is -0.120. The monoisotopic (exact) mass is 265 g/mol. The van der Waals surface area contributed by atoms with Crippen molar-refractivity contribution in [2.24, 2.45) is 5.73 Å². The number of urea groups is 1. The number of imide groups is 1. The van der Waals surface area contributed by atoms with Gasteiger partial charge >= 0.3 is 6.03 Å². The molecular weight excluding hydrogens is 246 g/mol. The Hall–Kier alpha value is -2.08. The highest BCUT2D eigenvalue weighted by molar-refractivity contribution is 5.94. The number of nitrogens with two attached hydrogens (primary N) is 1. The highest BCUT2D eigenvalue weighted by Crippen LogP contribution is 2.13. The number of rotatable bonds is 6. The molecule has 1 aromatic rings. The molecule has 0 aliphatic heterocycles. The number of ether oxygens (including phenoxy) is 1. The number of nitrogens with one attached hydrogen (secondary N) is 1. The first kappa shape index (κ1) is 15.0. The Morgan fingerprint density at radius 1 is 1.32 bits per heavy atom. The van der Waals surface area contributed by atoms with E-state index in [9.17, 15) is 9.59 Å². The van der Waals surface area contributed by atoms with Gasteiger partial charge in [0.05, 0.1) is 13.2 Å². The summed E-state index contributed by atoms with van der Waals surface area (Å²) in [6.45, 7) is 3.26. The van der Waals surface area contributed by atoms with E-state index in [0.29, 0.717) is 13.2 Å². The molecule has 3 N–H and O–H groups in total. The minimum atomic E-state index is -0.834. The van der Waals surface area contributed by atoms with E-state index in [1.165, 1.54) is 0 Å². The lowest BCUT2D eigenvalue weighted by Gasteiger charge is -2.15. The predicted octanol–water partition coefficient (Wildman–Crippen LogP) is 0.712. The second-order valence-electron chi connectivity index (χ2n) is 4.16. The van der Waals surface area contributed by atoms with Crippen LogP contribution in [0.15, 0.2) is 24.3 Å². The SMILES string of the molecule is CCOc1ccc(CN(C)CC(=O)NC(N)=O)cc1. The summed E-state index contributed by atoms with van der Waals surface area (Å²) in [6.07, 6.45) is 0. The first-order valence-electron chi connectivity index (χ1n) is 6.00. The smallest absolute Gasteiger partial charge is 0.318 e. The molecule has 3 amide bonds. The molecule has 0 radical (unpaired) electrons. The summed E-state index contributed by atoms with van der Waals surface area (Å²) in [5.74, 6) is 0.404. The van der Waals surface area contributed by atoms with Gasteiger partial charge in [-0.05, 0) is 31.7 Å². The molecule has 6 heteroatoms. The van der Waals surface area contributed by atoms with Gasteiger partial charge in [-0.3, -0.25) is 15.0 Å². The van der Waals surface area contributed by atoms with Crippen molar-refractivity contribution in [2.45, 2.75) is 13.5 Å². The third-order valence-corrected chi connectivity index (χ3v) is 2.36. The van der Waals surface area contributed by atoms with Crippen LogP contribution in [-0.2, 0) is 11.3 Å². The first-order chi connectivity index (χ1) is 9.01. The van der Waals surface area contributed by atoms with Gasteiger partial charge in [0, 0.05) is 6.54 Å². The van der Waals surface area contributed by atoms with Crippen LogP contribution in [0.5, 0.6) is 5.75 Å². The first-order valence-corrected chi connectivity index (χ1v) is 6.00. The van der Waals surface area contributed by atoms with Crippen LogP contribution in [0.1, 0.15) is 12.5 Å². The zero-order valence-corrected chi connectivity index (χ0v) is 11.2. The van der Waals surface area contributed by atoms with Crippen molar-refractivity contribution < 1.29 is 14.3 Å². The molecule has 0 bridgehead atoms. The summed E-state index contributed by atoms with van der Waals surface area (Å²) in [6, 6.07) is 6.81. The van der Waals surface area contributed by atoms with E-state index < -0.39 is 11.9 Å². The molecule has 0 saturated carbocycles. The molecule has 19 heavy (non-hydrogen) atoms. The molecule has 0 unspecified atom stereocenters. The molecule has 0 fully saturated rings. The van der Waals surface area contributed by atoms with Crippen molar-refractivity contribution in [3.63, 3.8) is 0 Å². The molecule has 0 heterocycles. The van der Waals surface area contributed by atoms with E-state index >= 15 is 0 Å². The van der Waals surface area contributed by atoms with Crippen LogP contribution in [0, 0.1) is 0 Å². The van der Waals surface area contributed by atoms with E-state index in [2.05, 4.69) is 0 Å². The van der Waals surface area contributed by atoms with Gasteiger partial charge in [0.15, 0.2) is 0 Å². The van der Waals surface area contributed by atoms with Gasteiger partial charge in [0.25, 0.3) is 0 Å². The second-order valence-corrected chi connectivity index (χ2v) is 4.16. The zero-order valence-electron chi connectivity index (χ0n) is 11.2. The number of likely N-dealkylation sites (N-methyl/N-ethyl adjacent to an activating group) is 1. The maximum Gasteiger partial charge on any atom is 0.318 e. The number of hydrogen-bond acceptors (Lipinski definition) is 4. The topological polar surface area (TPSA) is 84.7 Å². The summed E-state index contributed by atoms with van der Waals surface area (Å²) >= 11 is 0. The van der Waals surface area contributed by atoms with Crippen molar-refractivity contribution in [2.75, 3.05) is 20.2 Å². The maximum absolute atomic E-state index is 11.3. The van der Waals surface area contributed by atoms with E-state index in [1.54, 1.807) is 11.9 Å². The van der Waals surface area contributed by atoms with Crippen LogP contribution in [0.4, 0.5) is 4.79 Å². The van der Waals surface area contributed by atoms with Crippen LogP contribution in [0.3, 0.4) is 0 Å². The third kappa shape index (κ3) is 5.87. The fourth-order valence-corrected chi connectivity index (χ4v) is 1.65. The number of carbonyl (C=O) groups is 2. The summed E-state index contributed by atoms with van der Waals surface area (Å²) in [7, 11) is 1.79. The van der Waals surface area contributed by atoms with Crippen LogP contribution >= 0.6 is 0 Å². The molecule has 0 aromatic heterocycles. The predicted molar refractivity (Wildman–Crippen MR) is 71.7 cm³/mol. The quantitative estimate of drug-likeness (QED) is 0.793. The van der Waals surface area contributed by atoms with E-state index in [1.807, 2.05) is 36.5 Å². The Kier molecular flexibility index (Phi) is 5.81. The summed E-state index contributed by atoms with van der Waals surface area (Å²) in [4.78, 5) is 23.6. The Morgan fingerprint density at radius 3 is 2.47 bits per heavy atom. The highest BCUT2D eigenvalue weighted by Gasteiger charge is 2.08. The molecule has 0 aliphatic rings. The van der Waals surface area contributed by atoms with Crippen molar-refractivity contribution in [1.82, 2.24) is 10.2 Å². The van der Waals surface area contributed by atoms with Crippen LogP contribution < -0.4 is 15.8 Å². The second kappa shape index (κ2) is 7.38. The lowest BCUT2D eigenvalue weighted by Crippen LogP contribution is -2.41. The minimum Gasteiger partial charge on any atom is -0.494 e. The fraction of sp³-hybridized carbons (Fsp3) is 0.385. The molecule has 0 saturated heterocycles. The molecule has 1 aromatic carbocycles. The molecule has 0 spiro atoms. The Balaban J connectivity index is 2.45. The highest BCUT2D eigenvalue weighted by atomic mass is 16.5. The molecule has 0 atom stereocenters. The number of primary amides is 1. The van der Waals surface area contributed by atoms with E-state index in [4.69, 9.17) is 10.5 Å². The van der Waals surface area contributed by atoms with Crippen molar-refractivity contribution in [3.8, 4) is 5.75 Å². The number of hydrogen-bond donors (Lipinski definition) is 2. The molecule has 1 rings (SSSR count). The Morgan fingerprint density at radius 2 is 1.95 bits per heavy atom. The summed E-state index contributed by atoms with van der Waals surface area (Å²) < 4.78 is 5.35. The summed E-state index contributed by atoms with van der Waals surface area (Å²) in [5.41, 5.74) is 5.92. The third-order valence-electron chi connectivity index (χ3n) is 2.36. The zero-order chi connectivity index (χ0) is 14.3. The van der Waals surface area contributed by atoms with Gasteiger partial charge in [-0.2, -0.15) is 0 Å². The van der Waals surface area contributed by atoms with Crippen LogP contribution in [0.2, 0.25) is 0 Å². The fourth-order valence-electron chi connectivity index (χ4n) is 1.65. The molecular formula is C13H19N3O3. The van der Waals surface area contributed by atoms with Gasteiger partial charge in [-0.1, -0.05) is 12.1 Å². The lowest BCUT2D eigenvalue weighted by atomic mass is 10.2. The van der Waals surface area contributed by atoms with Crippen molar-refractivity contribution in [1.29, 1.82) is 0 Å². The number of nitrogens with zero attached hydrogens (tertiary/aromatic N) is 1. The molecule has 0 aliphatic carbocycles. The maximum atomic E-state index is 11.3. The largest absolute Gasteiger partial charge is 0.494 e. The van der Waals surface area contributed by atoms with Crippen molar-refractivity contribution in [3.05, 3.63) is 29.8 Å². The van der Waals surface area contributed by atoms with Gasteiger partial charge in [-0.15, -0.1) is 0 Å². The Labute approximate surface area is 112 Å². The van der Waals surface area contributed by atoms with E-state index in [-0.39, 0.29) is 6.54 Å². The van der Waals surface area contributed by atoms with Gasteiger partial charge in [0.1, 0.15) is 5.75 Å². The van der Waals surface area contributed by atoms with Crippen molar-refractivity contribution >= 4 is 11.9 Å². The average Bonchev–Trinajstić information content (AvgIpc) is 2.30. The number of amides is 3. The van der Waals surface area contributed by atoms with E-state index in [0.717, 1.165) is 11.3 Å². The average molecular weight is 265 g/mol. The minimum absolute atomic E-state index is 0.107. The van der Waals surface area contributed by atoms with Crippen LogP contribution in [-0.4, -0.2) is 37.0 Å². The van der Waals surface area contributed by atoms with Gasteiger partial charge in [-0.25, -0.2) is 4.79 Å². The number of benzene rings is 1. The number of carbonyl (C=O) groups excluding carboxylic acids is 2. The molecule has 104 valence electrons. The van der Waals surface area contributed by atoms with Crippen LogP contribution in [0.25, 0.3) is 0 Å². The van der Waals surface area contributed by atoms with Gasteiger partial charge in [0.2, 0.25) is 5.91 Å². The standard InChI is InChI=1S/C13H19N3O3/c1-3-19-11-6-4-10(5-7-11)8-16(2)9-12(17)15-13(14)18/h4-7H,3,8-9H2,1-2H3,(H3,14,15,17,18). The Bertz CT molecular complexity index is 431. The normalized spacial score (nSPS) is 10.3. The van der Waals surface area contributed by atoms with Gasteiger partial charge < -0.3 is 10.5 Å².